The van der Waals surface area contributed by atoms with Gasteiger partial charge in [0.2, 0.25) is 0 Å². The molecule has 0 aliphatic heterocycles. The zero-order valence-electron chi connectivity index (χ0n) is 9.59. The van der Waals surface area contributed by atoms with Crippen molar-refractivity contribution in [3.8, 4) is 0 Å². The maximum Gasteiger partial charge on any atom is 0.306 e. The molecule has 0 aromatic carbocycles. The molecular weight excluding hydrogens is 176 g/mol. The number of ether oxygens (including phenoxy) is 1. The van der Waals surface area contributed by atoms with Crippen molar-refractivity contribution in [1.82, 2.24) is 0 Å². The van der Waals surface area contributed by atoms with Gasteiger partial charge in [0.1, 0.15) is 0 Å². The van der Waals surface area contributed by atoms with Crippen LogP contribution in [0.15, 0.2) is 12.2 Å². The smallest absolute Gasteiger partial charge is 0.306 e. The van der Waals surface area contributed by atoms with E-state index in [1.165, 1.54) is 12.7 Å². The molecule has 1 rings (SSSR count). The number of allylic oxidation sites excluding steroid dienone is 1. The number of hydrogen-bond donors (Lipinski definition) is 0. The van der Waals surface area contributed by atoms with Gasteiger partial charge in [0, 0.05) is 0 Å². The fourth-order valence-corrected chi connectivity index (χ4v) is 2.69. The second-order valence-corrected chi connectivity index (χ2v) is 4.65. The van der Waals surface area contributed by atoms with Gasteiger partial charge in [-0.1, -0.05) is 39.3 Å². The van der Waals surface area contributed by atoms with Crippen molar-refractivity contribution in [2.75, 3.05) is 7.11 Å². The van der Waals surface area contributed by atoms with Crippen LogP contribution in [0.5, 0.6) is 0 Å². The highest BCUT2D eigenvalue weighted by Gasteiger charge is 2.49. The molecule has 2 atom stereocenters. The van der Waals surface area contributed by atoms with Gasteiger partial charge >= 0.3 is 5.97 Å². The quantitative estimate of drug-likeness (QED) is 0.512. The molecule has 1 saturated carbocycles. The van der Waals surface area contributed by atoms with Crippen LogP contribution in [0, 0.1) is 17.3 Å². The van der Waals surface area contributed by atoms with Gasteiger partial charge in [-0.05, 0) is 17.3 Å². The van der Waals surface area contributed by atoms with Crippen molar-refractivity contribution >= 4 is 5.97 Å². The molecule has 0 N–H and O–H groups in total. The minimum absolute atomic E-state index is 0.120. The van der Waals surface area contributed by atoms with Crippen molar-refractivity contribution in [2.24, 2.45) is 17.3 Å². The minimum atomic E-state index is -0.120. The highest BCUT2D eigenvalue weighted by molar-refractivity contribution is 5.70. The molecular formula is C12H20O2. The van der Waals surface area contributed by atoms with Crippen molar-refractivity contribution in [3.63, 3.8) is 0 Å². The zero-order chi connectivity index (χ0) is 10.9. The van der Waals surface area contributed by atoms with Crippen molar-refractivity contribution in [3.05, 3.63) is 12.2 Å². The molecule has 0 amide bonds. The Morgan fingerprint density at radius 1 is 1.57 bits per heavy atom. The van der Waals surface area contributed by atoms with Gasteiger partial charge in [-0.15, -0.1) is 0 Å². The molecule has 0 aromatic rings. The number of rotatable bonds is 3. The number of methoxy groups -OCH3 is 1. The summed E-state index contributed by atoms with van der Waals surface area (Å²) in [6.07, 6.45) is 1.60. The van der Waals surface area contributed by atoms with E-state index in [1.54, 1.807) is 0 Å². The van der Waals surface area contributed by atoms with E-state index in [-0.39, 0.29) is 11.4 Å². The molecule has 0 spiro atoms. The number of esters is 1. The fraction of sp³-hybridized carbons (Fsp3) is 0.750. The fourth-order valence-electron chi connectivity index (χ4n) is 2.69. The number of carbonyl (C=O) groups excluding carboxylic acids is 1. The average molecular weight is 196 g/mol. The maximum atomic E-state index is 11.2. The summed E-state index contributed by atoms with van der Waals surface area (Å²) in [4.78, 5) is 11.2. The Labute approximate surface area is 86.3 Å². The molecule has 80 valence electrons. The summed E-state index contributed by atoms with van der Waals surface area (Å²) in [6.45, 7) is 10.7. The Hall–Kier alpha value is -0.790. The Balaban J connectivity index is 2.64. The lowest BCUT2D eigenvalue weighted by Gasteiger charge is -2.53. The van der Waals surface area contributed by atoms with Gasteiger partial charge < -0.3 is 4.74 Å². The van der Waals surface area contributed by atoms with Gasteiger partial charge in [-0.3, -0.25) is 4.79 Å². The average Bonchev–Trinajstić information content (AvgIpc) is 2.16. The highest BCUT2D eigenvalue weighted by Crippen LogP contribution is 2.57. The Morgan fingerprint density at radius 3 is 2.57 bits per heavy atom. The molecule has 0 saturated heterocycles. The first-order chi connectivity index (χ1) is 6.45. The summed E-state index contributed by atoms with van der Waals surface area (Å²) in [5.41, 5.74) is 1.41. The van der Waals surface area contributed by atoms with Gasteiger partial charge in [-0.25, -0.2) is 0 Å². The van der Waals surface area contributed by atoms with E-state index in [4.69, 9.17) is 0 Å². The van der Waals surface area contributed by atoms with Gasteiger partial charge in [-0.2, -0.15) is 0 Å². The molecule has 0 unspecified atom stereocenters. The summed E-state index contributed by atoms with van der Waals surface area (Å²) >= 11 is 0. The van der Waals surface area contributed by atoms with E-state index in [2.05, 4.69) is 32.1 Å². The van der Waals surface area contributed by atoms with Crippen LogP contribution in [0.3, 0.4) is 0 Å². The summed E-state index contributed by atoms with van der Waals surface area (Å²) < 4.78 is 4.69. The van der Waals surface area contributed by atoms with Crippen LogP contribution < -0.4 is 0 Å². The molecule has 1 fully saturated rings. The first-order valence-electron chi connectivity index (χ1n) is 5.21. The van der Waals surface area contributed by atoms with E-state index >= 15 is 0 Å². The van der Waals surface area contributed by atoms with Crippen LogP contribution in [0.1, 0.15) is 33.6 Å². The second-order valence-electron chi connectivity index (χ2n) is 4.65. The third kappa shape index (κ3) is 1.58. The molecule has 2 nitrogen and oxygen atoms in total. The molecule has 1 aliphatic carbocycles. The van der Waals surface area contributed by atoms with Crippen LogP contribution in [0.25, 0.3) is 0 Å². The zero-order valence-corrected chi connectivity index (χ0v) is 9.59. The normalized spacial score (nSPS) is 29.6. The maximum absolute atomic E-state index is 11.2. The molecule has 0 radical (unpaired) electrons. The van der Waals surface area contributed by atoms with Gasteiger partial charge in [0.05, 0.1) is 13.5 Å². The standard InChI is InChI=1S/C12H20O2/c1-6-10-9(7-11(13)14-5)8(2)12(10,3)4/h9-10H,2,6-7H2,1,3-5H3/t9-,10+/m1/s1. The predicted octanol–water partition coefficient (Wildman–Crippen LogP) is 2.79. The SMILES string of the molecule is C=C1[C@@H](CC(=O)OC)[C@H](CC)C1(C)C. The Bertz CT molecular complexity index is 253. The largest absolute Gasteiger partial charge is 0.469 e. The molecule has 0 heterocycles. The predicted molar refractivity (Wildman–Crippen MR) is 56.8 cm³/mol. The van der Waals surface area contributed by atoms with Gasteiger partial charge in [0.15, 0.2) is 0 Å². The van der Waals surface area contributed by atoms with Crippen LogP contribution in [-0.4, -0.2) is 13.1 Å². The first kappa shape index (κ1) is 11.3. The lowest BCUT2D eigenvalue weighted by Crippen LogP contribution is -2.46. The Morgan fingerprint density at radius 2 is 2.14 bits per heavy atom. The number of hydrogen-bond acceptors (Lipinski definition) is 2. The summed E-state index contributed by atoms with van der Waals surface area (Å²) in [7, 11) is 1.44. The molecule has 0 aromatic heterocycles. The van der Waals surface area contributed by atoms with E-state index in [0.717, 1.165) is 6.42 Å². The van der Waals surface area contributed by atoms with Crippen LogP contribution in [0.4, 0.5) is 0 Å². The summed E-state index contributed by atoms with van der Waals surface area (Å²) in [6, 6.07) is 0. The molecule has 0 bridgehead atoms. The third-order valence-electron chi connectivity index (χ3n) is 3.74. The Kier molecular flexibility index (Phi) is 3.03. The minimum Gasteiger partial charge on any atom is -0.469 e. The lowest BCUT2D eigenvalue weighted by molar-refractivity contribution is -0.143. The van der Waals surface area contributed by atoms with E-state index in [1.807, 2.05) is 0 Å². The van der Waals surface area contributed by atoms with Crippen molar-refractivity contribution in [2.45, 2.75) is 33.6 Å². The number of carbonyl (C=O) groups is 1. The van der Waals surface area contributed by atoms with E-state index in [9.17, 15) is 4.79 Å². The monoisotopic (exact) mass is 196 g/mol. The summed E-state index contributed by atoms with van der Waals surface area (Å²) in [5.74, 6) is 0.793. The van der Waals surface area contributed by atoms with E-state index < -0.39 is 0 Å². The van der Waals surface area contributed by atoms with Crippen LogP contribution in [-0.2, 0) is 9.53 Å². The molecule has 14 heavy (non-hydrogen) atoms. The third-order valence-corrected chi connectivity index (χ3v) is 3.74. The summed E-state index contributed by atoms with van der Waals surface area (Å²) in [5, 5.41) is 0. The van der Waals surface area contributed by atoms with Crippen molar-refractivity contribution in [1.29, 1.82) is 0 Å². The highest BCUT2D eigenvalue weighted by atomic mass is 16.5. The van der Waals surface area contributed by atoms with Crippen LogP contribution >= 0.6 is 0 Å². The lowest BCUT2D eigenvalue weighted by atomic mass is 9.51. The van der Waals surface area contributed by atoms with Crippen LogP contribution in [0.2, 0.25) is 0 Å². The first-order valence-corrected chi connectivity index (χ1v) is 5.21. The molecule has 1 aliphatic rings. The van der Waals surface area contributed by atoms with E-state index in [0.29, 0.717) is 18.3 Å². The topological polar surface area (TPSA) is 26.3 Å². The molecule has 2 heteroatoms. The second kappa shape index (κ2) is 3.76. The van der Waals surface area contributed by atoms with Crippen molar-refractivity contribution < 1.29 is 9.53 Å². The van der Waals surface area contributed by atoms with Gasteiger partial charge in [0.25, 0.3) is 0 Å².